The number of anilines is 1. The molecule has 0 amide bonds. The van der Waals surface area contributed by atoms with Crippen molar-refractivity contribution in [3.05, 3.63) is 21.1 Å². The minimum Gasteiger partial charge on any atom is -0.495 e. The Kier molecular flexibility index (Phi) is 3.53. The summed E-state index contributed by atoms with van der Waals surface area (Å²) >= 11 is 6.97. The number of hydrogen-bond acceptors (Lipinski definition) is 3. The summed E-state index contributed by atoms with van der Waals surface area (Å²) < 4.78 is 7.25. The summed E-state index contributed by atoms with van der Waals surface area (Å²) in [6, 6.07) is 4.51. The fourth-order valence-electron chi connectivity index (χ4n) is 1.41. The van der Waals surface area contributed by atoms with Crippen LogP contribution in [0.4, 0.5) is 5.69 Å². The zero-order chi connectivity index (χ0) is 10.8. The highest BCUT2D eigenvalue weighted by molar-refractivity contribution is 9.11. The molecule has 1 heterocycles. The molecule has 15 heavy (non-hydrogen) atoms. The summed E-state index contributed by atoms with van der Waals surface area (Å²) in [7, 11) is 1.67. The van der Waals surface area contributed by atoms with E-state index in [1.807, 2.05) is 12.1 Å². The fraction of sp³-hybridized carbons (Fsp3) is 0.400. The van der Waals surface area contributed by atoms with Crippen molar-refractivity contribution in [1.29, 1.82) is 0 Å². The highest BCUT2D eigenvalue weighted by Gasteiger charge is 2.17. The first-order valence-corrected chi connectivity index (χ1v) is 6.29. The van der Waals surface area contributed by atoms with E-state index in [1.165, 1.54) is 0 Å². The molecule has 0 aliphatic carbocycles. The van der Waals surface area contributed by atoms with Crippen molar-refractivity contribution in [1.82, 2.24) is 5.32 Å². The van der Waals surface area contributed by atoms with Crippen LogP contribution < -0.4 is 15.4 Å². The highest BCUT2D eigenvalue weighted by Crippen LogP contribution is 2.34. The molecule has 3 nitrogen and oxygen atoms in total. The van der Waals surface area contributed by atoms with E-state index in [0.717, 1.165) is 33.5 Å². The summed E-state index contributed by atoms with van der Waals surface area (Å²) in [4.78, 5) is 0. The van der Waals surface area contributed by atoms with E-state index in [9.17, 15) is 0 Å². The maximum absolute atomic E-state index is 5.25. The van der Waals surface area contributed by atoms with Gasteiger partial charge in [0.05, 0.1) is 23.3 Å². The van der Waals surface area contributed by atoms with Crippen LogP contribution in [0.2, 0.25) is 0 Å². The highest BCUT2D eigenvalue weighted by atomic mass is 79.9. The summed E-state index contributed by atoms with van der Waals surface area (Å²) in [6.07, 6.45) is 0. The quantitative estimate of drug-likeness (QED) is 0.890. The average molecular weight is 336 g/mol. The lowest BCUT2D eigenvalue weighted by molar-refractivity contribution is 0.412. The molecule has 0 bridgehead atoms. The van der Waals surface area contributed by atoms with Crippen LogP contribution in [-0.2, 0) is 0 Å². The van der Waals surface area contributed by atoms with E-state index in [0.29, 0.717) is 6.04 Å². The number of rotatable bonds is 3. The summed E-state index contributed by atoms with van der Waals surface area (Å²) in [5.41, 5.74) is 1.07. The van der Waals surface area contributed by atoms with Crippen LogP contribution in [0.15, 0.2) is 21.1 Å². The van der Waals surface area contributed by atoms with Gasteiger partial charge in [-0.05, 0) is 37.9 Å². The van der Waals surface area contributed by atoms with Crippen molar-refractivity contribution in [2.24, 2.45) is 0 Å². The second kappa shape index (κ2) is 4.72. The molecular weight excluding hydrogens is 324 g/mol. The van der Waals surface area contributed by atoms with Crippen LogP contribution in [0.5, 0.6) is 5.75 Å². The van der Waals surface area contributed by atoms with Gasteiger partial charge >= 0.3 is 0 Å². The Morgan fingerprint density at radius 3 is 2.60 bits per heavy atom. The third-order valence-corrected chi connectivity index (χ3v) is 3.66. The van der Waals surface area contributed by atoms with Crippen molar-refractivity contribution in [3.63, 3.8) is 0 Å². The van der Waals surface area contributed by atoms with Crippen molar-refractivity contribution in [3.8, 4) is 5.75 Å². The van der Waals surface area contributed by atoms with Crippen LogP contribution >= 0.6 is 31.9 Å². The number of ether oxygens (including phenoxy) is 1. The molecule has 0 atom stereocenters. The molecule has 0 radical (unpaired) electrons. The lowest BCUT2D eigenvalue weighted by Crippen LogP contribution is -2.51. The number of nitrogens with one attached hydrogen (secondary N) is 2. The van der Waals surface area contributed by atoms with Gasteiger partial charge in [-0.2, -0.15) is 0 Å². The van der Waals surface area contributed by atoms with E-state index in [-0.39, 0.29) is 0 Å². The van der Waals surface area contributed by atoms with Gasteiger partial charge in [-0.3, -0.25) is 0 Å². The van der Waals surface area contributed by atoms with Crippen molar-refractivity contribution >= 4 is 37.5 Å². The Bertz CT molecular complexity index is 367. The number of methoxy groups -OCH3 is 1. The second-order valence-electron chi connectivity index (χ2n) is 3.47. The van der Waals surface area contributed by atoms with Crippen LogP contribution in [-0.4, -0.2) is 26.2 Å². The van der Waals surface area contributed by atoms with Gasteiger partial charge in [0, 0.05) is 23.6 Å². The van der Waals surface area contributed by atoms with E-state index < -0.39 is 0 Å². The first-order valence-electron chi connectivity index (χ1n) is 4.71. The Balaban J connectivity index is 2.21. The molecule has 0 spiro atoms. The third kappa shape index (κ3) is 2.46. The molecule has 5 heteroatoms. The van der Waals surface area contributed by atoms with Crippen LogP contribution in [0, 0.1) is 0 Å². The molecular formula is C10H12Br2N2O. The van der Waals surface area contributed by atoms with Gasteiger partial charge in [-0.25, -0.2) is 0 Å². The molecule has 1 fully saturated rings. The lowest BCUT2D eigenvalue weighted by Gasteiger charge is -2.29. The van der Waals surface area contributed by atoms with Gasteiger partial charge in [-0.15, -0.1) is 0 Å². The SMILES string of the molecule is COc1cc(NC2CNC2)c(Br)cc1Br. The zero-order valence-electron chi connectivity index (χ0n) is 8.31. The zero-order valence-corrected chi connectivity index (χ0v) is 11.5. The average Bonchev–Trinajstić information content (AvgIpc) is 2.14. The van der Waals surface area contributed by atoms with Crippen LogP contribution in [0.3, 0.4) is 0 Å². The van der Waals surface area contributed by atoms with E-state index >= 15 is 0 Å². The maximum atomic E-state index is 5.25. The van der Waals surface area contributed by atoms with Crippen molar-refractivity contribution in [2.45, 2.75) is 6.04 Å². The predicted octanol–water partition coefficient (Wildman–Crippen LogP) is 2.60. The van der Waals surface area contributed by atoms with Gasteiger partial charge < -0.3 is 15.4 Å². The molecule has 1 aromatic carbocycles. The Morgan fingerprint density at radius 2 is 2.07 bits per heavy atom. The van der Waals surface area contributed by atoms with Crippen LogP contribution in [0.25, 0.3) is 0 Å². The summed E-state index contributed by atoms with van der Waals surface area (Å²) in [5.74, 6) is 0.841. The number of benzene rings is 1. The van der Waals surface area contributed by atoms with Gasteiger partial charge in [-0.1, -0.05) is 0 Å². The molecule has 2 N–H and O–H groups in total. The lowest BCUT2D eigenvalue weighted by atomic mass is 10.1. The van der Waals surface area contributed by atoms with Crippen LogP contribution in [0.1, 0.15) is 0 Å². The first kappa shape index (κ1) is 11.2. The molecule has 1 saturated heterocycles. The number of hydrogen-bond donors (Lipinski definition) is 2. The van der Waals surface area contributed by atoms with E-state index in [1.54, 1.807) is 7.11 Å². The Labute approximate surface area is 106 Å². The smallest absolute Gasteiger partial charge is 0.135 e. The molecule has 2 rings (SSSR count). The van der Waals surface area contributed by atoms with Crippen molar-refractivity contribution in [2.75, 3.05) is 25.5 Å². The molecule has 1 aliphatic heterocycles. The predicted molar refractivity (Wildman–Crippen MR) is 68.7 cm³/mol. The molecule has 0 saturated carbocycles. The molecule has 1 aliphatic rings. The first-order chi connectivity index (χ1) is 7.20. The normalized spacial score (nSPS) is 15.9. The second-order valence-corrected chi connectivity index (χ2v) is 5.17. The monoisotopic (exact) mass is 334 g/mol. The third-order valence-electron chi connectivity index (χ3n) is 2.38. The number of halogens is 2. The fourth-order valence-corrected chi connectivity index (χ4v) is 2.68. The molecule has 0 aromatic heterocycles. The standard InChI is InChI=1S/C10H12Br2N2O/c1-15-10-3-9(7(11)2-8(10)12)14-6-4-13-5-6/h2-3,6,13-14H,4-5H2,1H3. The van der Waals surface area contributed by atoms with E-state index in [2.05, 4.69) is 42.5 Å². The summed E-state index contributed by atoms with van der Waals surface area (Å²) in [5, 5.41) is 6.66. The minimum absolute atomic E-state index is 0.521. The largest absolute Gasteiger partial charge is 0.495 e. The topological polar surface area (TPSA) is 33.3 Å². The van der Waals surface area contributed by atoms with Crippen molar-refractivity contribution < 1.29 is 4.74 Å². The van der Waals surface area contributed by atoms with Gasteiger partial charge in [0.25, 0.3) is 0 Å². The molecule has 0 unspecified atom stereocenters. The van der Waals surface area contributed by atoms with Gasteiger partial charge in [0.1, 0.15) is 5.75 Å². The van der Waals surface area contributed by atoms with Gasteiger partial charge in [0.15, 0.2) is 0 Å². The minimum atomic E-state index is 0.521. The van der Waals surface area contributed by atoms with E-state index in [4.69, 9.17) is 4.74 Å². The molecule has 1 aromatic rings. The Morgan fingerprint density at radius 1 is 1.33 bits per heavy atom. The maximum Gasteiger partial charge on any atom is 0.135 e. The Hall–Kier alpha value is -0.260. The molecule has 82 valence electrons. The summed E-state index contributed by atoms with van der Waals surface area (Å²) in [6.45, 7) is 2.04. The van der Waals surface area contributed by atoms with Gasteiger partial charge in [0.2, 0.25) is 0 Å².